The van der Waals surface area contributed by atoms with Gasteiger partial charge in [0.15, 0.2) is 0 Å². The van der Waals surface area contributed by atoms with Crippen molar-refractivity contribution in [3.63, 3.8) is 0 Å². The van der Waals surface area contributed by atoms with E-state index in [1.54, 1.807) is 13.8 Å². The predicted octanol–water partition coefficient (Wildman–Crippen LogP) is 2.33. The third-order valence-corrected chi connectivity index (χ3v) is 3.69. The number of rotatable bonds is 7. The lowest BCUT2D eigenvalue weighted by Gasteiger charge is -2.19. The second-order valence-corrected chi connectivity index (χ2v) is 6.20. The minimum absolute atomic E-state index is 0.0178. The number of benzene rings is 1. The molecule has 116 valence electrons. The van der Waals surface area contributed by atoms with E-state index in [0.29, 0.717) is 0 Å². The van der Waals surface area contributed by atoms with Crippen LogP contribution in [0.1, 0.15) is 32.4 Å². The summed E-state index contributed by atoms with van der Waals surface area (Å²) in [6.45, 7) is 5.47. The number of amides is 1. The summed E-state index contributed by atoms with van der Waals surface area (Å²) in [4.78, 5) is 22.9. The Morgan fingerprint density at radius 1 is 1.19 bits per heavy atom. The second-order valence-electron chi connectivity index (χ2n) is 5.28. The predicted molar refractivity (Wildman–Crippen MR) is 85.0 cm³/mol. The number of carboxylic acids is 1. The molecule has 1 rings (SSSR count). The molecule has 0 bridgehead atoms. The van der Waals surface area contributed by atoms with Crippen molar-refractivity contribution in [2.45, 2.75) is 32.9 Å². The van der Waals surface area contributed by atoms with E-state index < -0.39 is 12.0 Å². The Morgan fingerprint density at radius 3 is 2.24 bits per heavy atom. The summed E-state index contributed by atoms with van der Waals surface area (Å²) in [6.07, 6.45) is 0. The SMILES string of the molecule is CC(NC(=O)CNC(C(=O)O)C(C)C)c1ccc(Br)cc1. The first-order valence-corrected chi connectivity index (χ1v) is 7.61. The first-order chi connectivity index (χ1) is 9.81. The average Bonchev–Trinajstić information content (AvgIpc) is 2.38. The van der Waals surface area contributed by atoms with Crippen molar-refractivity contribution in [3.05, 3.63) is 34.3 Å². The third kappa shape index (κ3) is 5.85. The lowest BCUT2D eigenvalue weighted by molar-refractivity contribution is -0.140. The van der Waals surface area contributed by atoms with E-state index in [1.165, 1.54) is 0 Å². The molecule has 21 heavy (non-hydrogen) atoms. The molecule has 0 fully saturated rings. The molecule has 1 aromatic carbocycles. The van der Waals surface area contributed by atoms with Crippen LogP contribution >= 0.6 is 15.9 Å². The van der Waals surface area contributed by atoms with Crippen molar-refractivity contribution in [1.82, 2.24) is 10.6 Å². The third-order valence-electron chi connectivity index (χ3n) is 3.16. The summed E-state index contributed by atoms with van der Waals surface area (Å²) >= 11 is 3.36. The van der Waals surface area contributed by atoms with E-state index in [4.69, 9.17) is 5.11 Å². The molecule has 0 aliphatic rings. The molecule has 1 aromatic rings. The molecule has 0 heterocycles. The zero-order valence-corrected chi connectivity index (χ0v) is 14.0. The van der Waals surface area contributed by atoms with Gasteiger partial charge in [0.2, 0.25) is 5.91 Å². The fourth-order valence-electron chi connectivity index (χ4n) is 1.94. The zero-order valence-electron chi connectivity index (χ0n) is 12.4. The molecule has 0 aromatic heterocycles. The molecule has 2 unspecified atom stereocenters. The van der Waals surface area contributed by atoms with Crippen LogP contribution < -0.4 is 10.6 Å². The molecule has 2 atom stereocenters. The number of carbonyl (C=O) groups excluding carboxylic acids is 1. The smallest absolute Gasteiger partial charge is 0.320 e. The maximum Gasteiger partial charge on any atom is 0.320 e. The highest BCUT2D eigenvalue weighted by Gasteiger charge is 2.21. The normalized spacial score (nSPS) is 13.8. The molecule has 0 aliphatic carbocycles. The van der Waals surface area contributed by atoms with Gasteiger partial charge in [-0.1, -0.05) is 41.9 Å². The highest BCUT2D eigenvalue weighted by Crippen LogP contribution is 2.16. The topological polar surface area (TPSA) is 78.4 Å². The highest BCUT2D eigenvalue weighted by atomic mass is 79.9. The average molecular weight is 357 g/mol. The van der Waals surface area contributed by atoms with Gasteiger partial charge in [-0.05, 0) is 30.5 Å². The van der Waals surface area contributed by atoms with Crippen LogP contribution in [0.3, 0.4) is 0 Å². The Balaban J connectivity index is 2.49. The van der Waals surface area contributed by atoms with E-state index >= 15 is 0 Å². The highest BCUT2D eigenvalue weighted by molar-refractivity contribution is 9.10. The Bertz CT molecular complexity index is 488. The molecule has 6 heteroatoms. The first kappa shape index (κ1) is 17.7. The molecule has 0 saturated heterocycles. The van der Waals surface area contributed by atoms with Gasteiger partial charge >= 0.3 is 5.97 Å². The zero-order chi connectivity index (χ0) is 16.0. The van der Waals surface area contributed by atoms with Crippen molar-refractivity contribution < 1.29 is 14.7 Å². The number of carbonyl (C=O) groups is 2. The van der Waals surface area contributed by atoms with Crippen LogP contribution in [0.2, 0.25) is 0 Å². The van der Waals surface area contributed by atoms with Crippen LogP contribution in [0.4, 0.5) is 0 Å². The van der Waals surface area contributed by atoms with Crippen LogP contribution in [0, 0.1) is 5.92 Å². The van der Waals surface area contributed by atoms with Gasteiger partial charge in [0.05, 0.1) is 12.6 Å². The summed E-state index contributed by atoms with van der Waals surface area (Å²) in [5, 5.41) is 14.6. The number of halogens is 1. The van der Waals surface area contributed by atoms with Gasteiger partial charge in [-0.2, -0.15) is 0 Å². The van der Waals surface area contributed by atoms with E-state index in [2.05, 4.69) is 26.6 Å². The molecule has 0 aliphatic heterocycles. The van der Waals surface area contributed by atoms with E-state index in [-0.39, 0.29) is 24.4 Å². The number of carboxylic acid groups (broad SMARTS) is 1. The van der Waals surface area contributed by atoms with Gasteiger partial charge in [-0.25, -0.2) is 0 Å². The van der Waals surface area contributed by atoms with Crippen molar-refractivity contribution in [1.29, 1.82) is 0 Å². The maximum absolute atomic E-state index is 11.9. The molecular formula is C15H21BrN2O3. The van der Waals surface area contributed by atoms with Crippen LogP contribution in [-0.2, 0) is 9.59 Å². The largest absolute Gasteiger partial charge is 0.480 e. The number of nitrogens with one attached hydrogen (secondary N) is 2. The first-order valence-electron chi connectivity index (χ1n) is 6.82. The molecule has 0 radical (unpaired) electrons. The quantitative estimate of drug-likeness (QED) is 0.700. The van der Waals surface area contributed by atoms with E-state index in [1.807, 2.05) is 31.2 Å². The van der Waals surface area contributed by atoms with Gasteiger partial charge in [-0.3, -0.25) is 14.9 Å². The van der Waals surface area contributed by atoms with Crippen LogP contribution in [-0.4, -0.2) is 29.6 Å². The number of hydrogen-bond donors (Lipinski definition) is 3. The van der Waals surface area contributed by atoms with Gasteiger partial charge in [0.25, 0.3) is 0 Å². The van der Waals surface area contributed by atoms with E-state index in [0.717, 1.165) is 10.0 Å². The van der Waals surface area contributed by atoms with Crippen LogP contribution in [0.25, 0.3) is 0 Å². The lowest BCUT2D eigenvalue weighted by atomic mass is 10.0. The maximum atomic E-state index is 11.9. The standard InChI is InChI=1S/C15H21BrN2O3/c1-9(2)14(15(20)21)17-8-13(19)18-10(3)11-4-6-12(16)7-5-11/h4-7,9-10,14,17H,8H2,1-3H3,(H,18,19)(H,20,21). The van der Waals surface area contributed by atoms with Gasteiger partial charge < -0.3 is 10.4 Å². The minimum atomic E-state index is -0.946. The lowest BCUT2D eigenvalue weighted by Crippen LogP contribution is -2.46. The summed E-state index contributed by atoms with van der Waals surface area (Å²) in [6, 6.07) is 6.83. The monoisotopic (exact) mass is 356 g/mol. The Kier molecular flexibility index (Phi) is 6.84. The summed E-state index contributed by atoms with van der Waals surface area (Å²) < 4.78 is 0.979. The van der Waals surface area contributed by atoms with Crippen molar-refractivity contribution >= 4 is 27.8 Å². The Hall–Kier alpha value is -1.40. The fourth-order valence-corrected chi connectivity index (χ4v) is 2.20. The summed E-state index contributed by atoms with van der Waals surface area (Å²) in [5.74, 6) is -1.25. The fraction of sp³-hybridized carbons (Fsp3) is 0.467. The van der Waals surface area contributed by atoms with Gasteiger partial charge in [0, 0.05) is 4.47 Å². The molecule has 0 saturated carbocycles. The van der Waals surface area contributed by atoms with Crippen LogP contribution in [0.15, 0.2) is 28.7 Å². The molecule has 3 N–H and O–H groups in total. The van der Waals surface area contributed by atoms with Crippen molar-refractivity contribution in [2.75, 3.05) is 6.54 Å². The van der Waals surface area contributed by atoms with Gasteiger partial charge in [0.1, 0.15) is 6.04 Å². The van der Waals surface area contributed by atoms with E-state index in [9.17, 15) is 9.59 Å². The van der Waals surface area contributed by atoms with Gasteiger partial charge in [-0.15, -0.1) is 0 Å². The minimum Gasteiger partial charge on any atom is -0.480 e. The Labute approximate surface area is 133 Å². The second kappa shape index (κ2) is 8.14. The van der Waals surface area contributed by atoms with Crippen molar-refractivity contribution in [2.24, 2.45) is 5.92 Å². The van der Waals surface area contributed by atoms with Crippen LogP contribution in [0.5, 0.6) is 0 Å². The molecule has 0 spiro atoms. The summed E-state index contributed by atoms with van der Waals surface area (Å²) in [5.41, 5.74) is 0.991. The summed E-state index contributed by atoms with van der Waals surface area (Å²) in [7, 11) is 0. The molecule has 5 nitrogen and oxygen atoms in total. The van der Waals surface area contributed by atoms with Crippen molar-refractivity contribution in [3.8, 4) is 0 Å². The number of hydrogen-bond acceptors (Lipinski definition) is 3. The molecular weight excluding hydrogens is 336 g/mol. The number of aliphatic carboxylic acids is 1. The Morgan fingerprint density at radius 2 is 1.76 bits per heavy atom. The molecule has 1 amide bonds.